The second-order valence-electron chi connectivity index (χ2n) is 4.89. The van der Waals surface area contributed by atoms with E-state index >= 15 is 0 Å². The maximum Gasteiger partial charge on any atom is 0.0469 e. The first-order valence-corrected chi connectivity index (χ1v) is 7.67. The molecule has 1 rings (SSSR count). The fourth-order valence-corrected chi connectivity index (χ4v) is 2.36. The summed E-state index contributed by atoms with van der Waals surface area (Å²) in [5, 5.41) is 4.33. The second kappa shape index (κ2) is 10.2. The van der Waals surface area contributed by atoms with E-state index in [1.54, 1.807) is 0 Å². The summed E-state index contributed by atoms with van der Waals surface area (Å²) in [5.41, 5.74) is 1.31. The maximum absolute atomic E-state index is 6.04. The maximum atomic E-state index is 6.04. The molecule has 0 aliphatic carbocycles. The average molecular weight is 284 g/mol. The zero-order valence-electron chi connectivity index (χ0n) is 12.1. The molecule has 108 valence electrons. The number of halogens is 1. The minimum absolute atomic E-state index is 0.608. The van der Waals surface area contributed by atoms with Crippen molar-refractivity contribution in [2.45, 2.75) is 33.1 Å². The van der Waals surface area contributed by atoms with E-state index in [2.05, 4.69) is 24.4 Å². The summed E-state index contributed by atoms with van der Waals surface area (Å²) in [6.45, 7) is 8.01. The molecule has 0 heterocycles. The van der Waals surface area contributed by atoms with Crippen LogP contribution in [0.2, 0.25) is 5.02 Å². The third kappa shape index (κ3) is 7.56. The van der Waals surface area contributed by atoms with E-state index < -0.39 is 0 Å². The lowest BCUT2D eigenvalue weighted by atomic mass is 9.96. The van der Waals surface area contributed by atoms with Crippen molar-refractivity contribution in [3.8, 4) is 0 Å². The molecule has 0 spiro atoms. The summed E-state index contributed by atoms with van der Waals surface area (Å²) < 4.78 is 5.48. The smallest absolute Gasteiger partial charge is 0.0469 e. The Morgan fingerprint density at radius 1 is 1.32 bits per heavy atom. The molecule has 1 N–H and O–H groups in total. The lowest BCUT2D eigenvalue weighted by molar-refractivity contribution is 0.131. The number of hydrogen-bond acceptors (Lipinski definition) is 2. The second-order valence-corrected chi connectivity index (χ2v) is 5.33. The quantitative estimate of drug-likeness (QED) is 0.657. The van der Waals surface area contributed by atoms with Gasteiger partial charge < -0.3 is 10.1 Å². The van der Waals surface area contributed by atoms with Gasteiger partial charge in [-0.25, -0.2) is 0 Å². The van der Waals surface area contributed by atoms with Gasteiger partial charge in [0.1, 0.15) is 0 Å². The Morgan fingerprint density at radius 2 is 2.16 bits per heavy atom. The molecule has 1 aromatic carbocycles. The van der Waals surface area contributed by atoms with Crippen LogP contribution < -0.4 is 5.32 Å². The summed E-state index contributed by atoms with van der Waals surface area (Å²) in [4.78, 5) is 0. The van der Waals surface area contributed by atoms with Crippen molar-refractivity contribution < 1.29 is 4.74 Å². The summed E-state index contributed by atoms with van der Waals surface area (Å²) in [7, 11) is 0. The zero-order valence-corrected chi connectivity index (χ0v) is 12.9. The predicted octanol–water partition coefficient (Wildman–Crippen LogP) is 3.92. The fraction of sp³-hybridized carbons (Fsp3) is 0.625. The normalized spacial score (nSPS) is 12.6. The largest absolute Gasteiger partial charge is 0.382 e. The van der Waals surface area contributed by atoms with Gasteiger partial charge in [-0.15, -0.1) is 0 Å². The van der Waals surface area contributed by atoms with Crippen LogP contribution in [0.15, 0.2) is 24.3 Å². The fourth-order valence-electron chi connectivity index (χ4n) is 2.15. The molecule has 0 aliphatic rings. The monoisotopic (exact) mass is 283 g/mol. The standard InChI is InChI=1S/C16H26ClNO/c1-3-9-18-13-15(8-10-19-4-2)11-14-6-5-7-16(17)12-14/h5-7,12,15,18H,3-4,8-11,13H2,1-2H3. The van der Waals surface area contributed by atoms with Gasteiger partial charge in [0.2, 0.25) is 0 Å². The Bertz CT molecular complexity index is 333. The van der Waals surface area contributed by atoms with Crippen LogP contribution in [0.25, 0.3) is 0 Å². The van der Waals surface area contributed by atoms with Gasteiger partial charge in [0.05, 0.1) is 0 Å². The average Bonchev–Trinajstić information content (AvgIpc) is 2.39. The third-order valence-electron chi connectivity index (χ3n) is 3.15. The molecule has 0 fully saturated rings. The highest BCUT2D eigenvalue weighted by atomic mass is 35.5. The number of rotatable bonds is 10. The molecule has 0 aliphatic heterocycles. The van der Waals surface area contributed by atoms with Crippen LogP contribution in [0.4, 0.5) is 0 Å². The highest BCUT2D eigenvalue weighted by Gasteiger charge is 2.10. The molecule has 0 aromatic heterocycles. The molecule has 1 atom stereocenters. The van der Waals surface area contributed by atoms with Gasteiger partial charge in [0.25, 0.3) is 0 Å². The Balaban J connectivity index is 2.46. The van der Waals surface area contributed by atoms with Crippen LogP contribution in [-0.2, 0) is 11.2 Å². The van der Waals surface area contributed by atoms with E-state index in [1.165, 1.54) is 12.0 Å². The molecule has 19 heavy (non-hydrogen) atoms. The molecule has 0 saturated heterocycles. The van der Waals surface area contributed by atoms with Gasteiger partial charge in [0, 0.05) is 18.2 Å². The summed E-state index contributed by atoms with van der Waals surface area (Å²) in [6, 6.07) is 8.17. The molecular weight excluding hydrogens is 258 g/mol. The van der Waals surface area contributed by atoms with Gasteiger partial charge in [-0.3, -0.25) is 0 Å². The third-order valence-corrected chi connectivity index (χ3v) is 3.38. The SMILES string of the molecule is CCCNCC(CCOCC)Cc1cccc(Cl)c1. The molecule has 0 saturated carbocycles. The summed E-state index contributed by atoms with van der Waals surface area (Å²) in [6.07, 6.45) is 3.33. The van der Waals surface area contributed by atoms with E-state index in [9.17, 15) is 0 Å². The minimum Gasteiger partial charge on any atom is -0.382 e. The molecule has 0 amide bonds. The minimum atomic E-state index is 0.608. The van der Waals surface area contributed by atoms with Gasteiger partial charge >= 0.3 is 0 Å². The van der Waals surface area contributed by atoms with Gasteiger partial charge in [-0.1, -0.05) is 30.7 Å². The van der Waals surface area contributed by atoms with Crippen LogP contribution in [0.5, 0.6) is 0 Å². The van der Waals surface area contributed by atoms with Crippen LogP contribution in [0, 0.1) is 5.92 Å². The summed E-state index contributed by atoms with van der Waals surface area (Å²) >= 11 is 6.04. The first kappa shape index (κ1) is 16.5. The van der Waals surface area contributed by atoms with E-state index in [1.807, 2.05) is 19.1 Å². The van der Waals surface area contributed by atoms with E-state index in [0.717, 1.165) is 44.2 Å². The first-order chi connectivity index (χ1) is 9.26. The number of hydrogen-bond donors (Lipinski definition) is 1. The van der Waals surface area contributed by atoms with Crippen molar-refractivity contribution >= 4 is 11.6 Å². The number of benzene rings is 1. The molecule has 0 radical (unpaired) electrons. The van der Waals surface area contributed by atoms with Crippen LogP contribution in [0.1, 0.15) is 32.3 Å². The molecule has 3 heteroatoms. The topological polar surface area (TPSA) is 21.3 Å². The summed E-state index contributed by atoms with van der Waals surface area (Å²) in [5.74, 6) is 0.608. The van der Waals surface area contributed by atoms with Crippen molar-refractivity contribution in [3.63, 3.8) is 0 Å². The zero-order chi connectivity index (χ0) is 13.9. The molecule has 2 nitrogen and oxygen atoms in total. The molecular formula is C16H26ClNO. The Morgan fingerprint density at radius 3 is 2.84 bits per heavy atom. The van der Waals surface area contributed by atoms with E-state index in [4.69, 9.17) is 16.3 Å². The van der Waals surface area contributed by atoms with Crippen molar-refractivity contribution in [2.24, 2.45) is 5.92 Å². The Labute approximate surface area is 122 Å². The van der Waals surface area contributed by atoms with Gasteiger partial charge in [-0.05, 0) is 62.9 Å². The molecule has 1 aromatic rings. The lowest BCUT2D eigenvalue weighted by Gasteiger charge is -2.18. The highest BCUT2D eigenvalue weighted by Crippen LogP contribution is 2.16. The highest BCUT2D eigenvalue weighted by molar-refractivity contribution is 6.30. The van der Waals surface area contributed by atoms with E-state index in [0.29, 0.717) is 5.92 Å². The van der Waals surface area contributed by atoms with E-state index in [-0.39, 0.29) is 0 Å². The van der Waals surface area contributed by atoms with Gasteiger partial charge in [0.15, 0.2) is 0 Å². The molecule has 1 unspecified atom stereocenters. The van der Waals surface area contributed by atoms with Gasteiger partial charge in [-0.2, -0.15) is 0 Å². The van der Waals surface area contributed by atoms with Crippen molar-refractivity contribution in [1.82, 2.24) is 5.32 Å². The van der Waals surface area contributed by atoms with Crippen LogP contribution in [0.3, 0.4) is 0 Å². The van der Waals surface area contributed by atoms with Crippen molar-refractivity contribution in [1.29, 1.82) is 0 Å². The van der Waals surface area contributed by atoms with Crippen LogP contribution >= 0.6 is 11.6 Å². The number of nitrogens with one attached hydrogen (secondary N) is 1. The lowest BCUT2D eigenvalue weighted by Crippen LogP contribution is -2.26. The molecule has 0 bridgehead atoms. The number of ether oxygens (including phenoxy) is 1. The van der Waals surface area contributed by atoms with Crippen LogP contribution in [-0.4, -0.2) is 26.3 Å². The van der Waals surface area contributed by atoms with Crippen molar-refractivity contribution in [3.05, 3.63) is 34.9 Å². The Hall–Kier alpha value is -0.570. The predicted molar refractivity (Wildman–Crippen MR) is 82.9 cm³/mol. The first-order valence-electron chi connectivity index (χ1n) is 7.29. The Kier molecular flexibility index (Phi) is 8.89. The van der Waals surface area contributed by atoms with Crippen molar-refractivity contribution in [2.75, 3.05) is 26.3 Å².